The van der Waals surface area contributed by atoms with Crippen LogP contribution >= 0.6 is 0 Å². The Morgan fingerprint density at radius 2 is 2.04 bits per heavy atom. The number of H-pyrrole nitrogens is 3. The lowest BCUT2D eigenvalue weighted by Crippen LogP contribution is -2.27. The van der Waals surface area contributed by atoms with Gasteiger partial charge >= 0.3 is 11.7 Å². The molecule has 2 aromatic heterocycles. The molecule has 0 radical (unpaired) electrons. The normalized spacial score (nSPS) is 16.1. The molecular weight excluding hydrogens is 332 g/mol. The molecule has 2 aromatic rings. The molecule has 25 heavy (non-hydrogen) atoms. The summed E-state index contributed by atoms with van der Waals surface area (Å²) in [7, 11) is 1.45. The summed E-state index contributed by atoms with van der Waals surface area (Å²) in [5.74, 6) is -2.09. The molecule has 0 aromatic carbocycles. The minimum absolute atomic E-state index is 0.0727. The smallest absolute Gasteiger partial charge is 0.356 e. The second kappa shape index (κ2) is 6.26. The maximum absolute atomic E-state index is 12.1. The molecule has 11 nitrogen and oxygen atoms in total. The number of esters is 1. The van der Waals surface area contributed by atoms with E-state index in [1.165, 1.54) is 7.05 Å². The van der Waals surface area contributed by atoms with Gasteiger partial charge in [-0.1, -0.05) is 0 Å². The molecule has 0 fully saturated rings. The van der Waals surface area contributed by atoms with E-state index < -0.39 is 23.5 Å². The largest absolute Gasteiger partial charge is 0.461 e. The number of nitrogens with zero attached hydrogens (tertiary/aromatic N) is 1. The van der Waals surface area contributed by atoms with Crippen molar-refractivity contribution in [2.24, 2.45) is 0 Å². The standard InChI is InChI=1S/C14H16N6O5/c1-3-25-13(23)10-8(17-14(24)18-10)5-4-6(21)16-11-7(5)9(19-20-11)12(22)15-2/h5H,3-4H2,1-2H3,(H,15,22)(H2,17,18,24)(H2,16,19,20,21)/t5-/m1/s1. The van der Waals surface area contributed by atoms with E-state index in [1.807, 2.05) is 0 Å². The number of hydrogen-bond acceptors (Lipinski definition) is 6. The molecule has 3 heterocycles. The predicted octanol–water partition coefficient (Wildman–Crippen LogP) is -0.563. The second-order valence-electron chi connectivity index (χ2n) is 5.33. The predicted molar refractivity (Wildman–Crippen MR) is 84.4 cm³/mol. The van der Waals surface area contributed by atoms with Crippen LogP contribution in [0.2, 0.25) is 0 Å². The molecule has 5 N–H and O–H groups in total. The van der Waals surface area contributed by atoms with Gasteiger partial charge < -0.3 is 20.4 Å². The van der Waals surface area contributed by atoms with Gasteiger partial charge in [-0.2, -0.15) is 5.10 Å². The molecule has 0 aliphatic carbocycles. The summed E-state index contributed by atoms with van der Waals surface area (Å²) in [6.07, 6.45) is -0.0727. The van der Waals surface area contributed by atoms with Crippen molar-refractivity contribution in [3.8, 4) is 0 Å². The lowest BCUT2D eigenvalue weighted by molar-refractivity contribution is -0.116. The van der Waals surface area contributed by atoms with Gasteiger partial charge in [0, 0.05) is 24.9 Å². The number of rotatable bonds is 4. The first kappa shape index (κ1) is 16.5. The topological polar surface area (TPSA) is 162 Å². The van der Waals surface area contributed by atoms with E-state index in [0.29, 0.717) is 5.56 Å². The number of hydrogen-bond donors (Lipinski definition) is 5. The summed E-state index contributed by atoms with van der Waals surface area (Å²) >= 11 is 0. The van der Waals surface area contributed by atoms with Crippen LogP contribution in [0.15, 0.2) is 4.79 Å². The van der Waals surface area contributed by atoms with Crippen LogP contribution in [-0.4, -0.2) is 51.6 Å². The van der Waals surface area contributed by atoms with Gasteiger partial charge in [0.25, 0.3) is 5.91 Å². The Morgan fingerprint density at radius 3 is 2.72 bits per heavy atom. The number of nitrogens with one attached hydrogen (secondary N) is 5. The molecule has 2 amide bonds. The van der Waals surface area contributed by atoms with Crippen molar-refractivity contribution >= 4 is 23.6 Å². The number of carbonyl (C=O) groups is 3. The fourth-order valence-corrected chi connectivity index (χ4v) is 2.82. The average Bonchev–Trinajstić information content (AvgIpc) is 3.17. The van der Waals surface area contributed by atoms with Gasteiger partial charge in [-0.25, -0.2) is 9.59 Å². The van der Waals surface area contributed by atoms with Crippen LogP contribution in [0.4, 0.5) is 5.82 Å². The molecule has 1 aliphatic heterocycles. The summed E-state index contributed by atoms with van der Waals surface area (Å²) in [5, 5.41) is 11.5. The maximum Gasteiger partial charge on any atom is 0.356 e. The first-order valence-corrected chi connectivity index (χ1v) is 7.55. The zero-order chi connectivity index (χ0) is 18.1. The van der Waals surface area contributed by atoms with Crippen LogP contribution < -0.4 is 16.3 Å². The van der Waals surface area contributed by atoms with Crippen LogP contribution in [0.25, 0.3) is 0 Å². The quantitative estimate of drug-likeness (QED) is 0.465. The van der Waals surface area contributed by atoms with E-state index in [0.717, 1.165) is 0 Å². The molecule has 1 aliphatic rings. The van der Waals surface area contributed by atoms with Crippen LogP contribution in [-0.2, 0) is 9.53 Å². The van der Waals surface area contributed by atoms with Gasteiger partial charge in [-0.05, 0) is 6.92 Å². The fourth-order valence-electron chi connectivity index (χ4n) is 2.82. The summed E-state index contributed by atoms with van der Waals surface area (Å²) in [6, 6.07) is 0. The van der Waals surface area contributed by atoms with Crippen LogP contribution in [0, 0.1) is 0 Å². The highest BCUT2D eigenvalue weighted by atomic mass is 16.5. The van der Waals surface area contributed by atoms with E-state index in [4.69, 9.17) is 4.74 Å². The van der Waals surface area contributed by atoms with E-state index in [2.05, 4.69) is 30.8 Å². The first-order chi connectivity index (χ1) is 12.0. The van der Waals surface area contributed by atoms with Gasteiger partial charge in [-0.15, -0.1) is 0 Å². The Bertz CT molecular complexity index is 907. The first-order valence-electron chi connectivity index (χ1n) is 7.55. The number of ether oxygens (including phenoxy) is 1. The Hall–Kier alpha value is -3.37. The number of aromatic nitrogens is 4. The highest BCUT2D eigenvalue weighted by molar-refractivity contribution is 6.01. The monoisotopic (exact) mass is 348 g/mol. The molecule has 3 rings (SSSR count). The van der Waals surface area contributed by atoms with Gasteiger partial charge in [0.2, 0.25) is 5.91 Å². The SMILES string of the molecule is CCOC(=O)c1[nH]c(=O)[nH]c1[C@@H]1CC(=O)Nc2n[nH]c(C(=O)NC)c21. The van der Waals surface area contributed by atoms with Crippen molar-refractivity contribution < 1.29 is 19.1 Å². The van der Waals surface area contributed by atoms with Gasteiger partial charge in [-0.3, -0.25) is 19.7 Å². The Morgan fingerprint density at radius 1 is 1.28 bits per heavy atom. The van der Waals surface area contributed by atoms with Crippen LogP contribution in [0.1, 0.15) is 51.5 Å². The number of amides is 2. The van der Waals surface area contributed by atoms with Crippen molar-refractivity contribution in [1.82, 2.24) is 25.5 Å². The molecule has 0 bridgehead atoms. The fraction of sp³-hybridized carbons (Fsp3) is 0.357. The van der Waals surface area contributed by atoms with E-state index >= 15 is 0 Å². The number of imidazole rings is 1. The van der Waals surface area contributed by atoms with E-state index in [-0.39, 0.29) is 41.8 Å². The van der Waals surface area contributed by atoms with Gasteiger partial charge in [0.05, 0.1) is 12.3 Å². The molecule has 132 valence electrons. The lowest BCUT2D eigenvalue weighted by atomic mass is 9.88. The van der Waals surface area contributed by atoms with E-state index in [9.17, 15) is 19.2 Å². The molecule has 0 saturated carbocycles. The Balaban J connectivity index is 2.15. The number of aromatic amines is 3. The molecule has 0 saturated heterocycles. The molecule has 1 atom stereocenters. The highest BCUT2D eigenvalue weighted by Crippen LogP contribution is 2.38. The molecule has 11 heteroatoms. The third-order valence-corrected chi connectivity index (χ3v) is 3.84. The minimum Gasteiger partial charge on any atom is -0.461 e. The Labute approximate surface area is 140 Å². The third kappa shape index (κ3) is 2.79. The van der Waals surface area contributed by atoms with Crippen molar-refractivity contribution in [2.45, 2.75) is 19.3 Å². The van der Waals surface area contributed by atoms with Crippen LogP contribution in [0.5, 0.6) is 0 Å². The summed E-state index contributed by atoms with van der Waals surface area (Å²) in [4.78, 5) is 52.8. The van der Waals surface area contributed by atoms with Crippen molar-refractivity contribution in [3.63, 3.8) is 0 Å². The highest BCUT2D eigenvalue weighted by Gasteiger charge is 2.37. The summed E-state index contributed by atoms with van der Waals surface area (Å²) < 4.78 is 4.94. The van der Waals surface area contributed by atoms with Gasteiger partial charge in [0.15, 0.2) is 5.82 Å². The number of anilines is 1. The third-order valence-electron chi connectivity index (χ3n) is 3.84. The zero-order valence-electron chi connectivity index (χ0n) is 13.5. The molecular formula is C14H16N6O5. The van der Waals surface area contributed by atoms with Crippen molar-refractivity contribution in [1.29, 1.82) is 0 Å². The number of carbonyl (C=O) groups excluding carboxylic acids is 3. The maximum atomic E-state index is 12.1. The summed E-state index contributed by atoms with van der Waals surface area (Å²) in [5.41, 5.74) is 0.00217. The lowest BCUT2D eigenvalue weighted by Gasteiger charge is -2.22. The molecule has 0 unspecified atom stereocenters. The van der Waals surface area contributed by atoms with Gasteiger partial charge in [0.1, 0.15) is 11.4 Å². The van der Waals surface area contributed by atoms with Crippen molar-refractivity contribution in [2.75, 3.05) is 19.0 Å². The van der Waals surface area contributed by atoms with Crippen LogP contribution in [0.3, 0.4) is 0 Å². The second-order valence-corrected chi connectivity index (χ2v) is 5.33. The van der Waals surface area contributed by atoms with E-state index in [1.54, 1.807) is 6.92 Å². The minimum atomic E-state index is -0.742. The Kier molecular flexibility index (Phi) is 4.13. The zero-order valence-corrected chi connectivity index (χ0v) is 13.5. The summed E-state index contributed by atoms with van der Waals surface area (Å²) in [6.45, 7) is 1.76. The number of fused-ring (bicyclic) bond motifs is 1. The average molecular weight is 348 g/mol. The van der Waals surface area contributed by atoms with Crippen molar-refractivity contribution in [3.05, 3.63) is 33.1 Å². The molecule has 0 spiro atoms.